The third-order valence-corrected chi connectivity index (χ3v) is 4.27. The maximum Gasteiger partial charge on any atom is 0.0860 e. The first-order valence-corrected chi connectivity index (χ1v) is 7.98. The van der Waals surface area contributed by atoms with Crippen LogP contribution in [0.2, 0.25) is 5.02 Å². The van der Waals surface area contributed by atoms with E-state index in [1.165, 1.54) is 5.56 Å². The van der Waals surface area contributed by atoms with Gasteiger partial charge in [0, 0.05) is 19.1 Å². The normalized spacial score (nSPS) is 12.6. The fraction of sp³-hybridized carbons (Fsp3) is 0.471. The molecule has 0 aliphatic carbocycles. The predicted molar refractivity (Wildman–Crippen MR) is 88.7 cm³/mol. The van der Waals surface area contributed by atoms with Crippen LogP contribution in [0.1, 0.15) is 37.2 Å². The number of hydrogen-bond donors (Lipinski definition) is 1. The summed E-state index contributed by atoms with van der Waals surface area (Å²) in [7, 11) is 0. The Bertz CT molecular complexity index is 563. The molecule has 1 N–H and O–H groups in total. The number of hydrogen-bond acceptors (Lipinski definition) is 2. The molecule has 1 heterocycles. The summed E-state index contributed by atoms with van der Waals surface area (Å²) >= 11 is 6.33. The fourth-order valence-electron chi connectivity index (χ4n) is 2.44. The maximum atomic E-state index is 6.33. The lowest BCUT2D eigenvalue weighted by molar-refractivity contribution is 0.492. The highest BCUT2D eigenvalue weighted by molar-refractivity contribution is 6.31. The molecule has 0 amide bonds. The van der Waals surface area contributed by atoms with Crippen molar-refractivity contribution >= 4 is 11.6 Å². The second kappa shape index (κ2) is 7.62. The topological polar surface area (TPSA) is 29.9 Å². The van der Waals surface area contributed by atoms with E-state index in [0.717, 1.165) is 42.3 Å². The van der Waals surface area contributed by atoms with Crippen molar-refractivity contribution in [2.75, 3.05) is 0 Å². The predicted octanol–water partition coefficient (Wildman–Crippen LogP) is 3.98. The van der Waals surface area contributed by atoms with Gasteiger partial charge in [-0.2, -0.15) is 5.10 Å². The molecule has 0 aliphatic rings. The summed E-state index contributed by atoms with van der Waals surface area (Å²) < 4.78 is 1.98. The summed E-state index contributed by atoms with van der Waals surface area (Å²) in [6, 6.07) is 11.0. The highest BCUT2D eigenvalue weighted by atomic mass is 35.5. The van der Waals surface area contributed by atoms with Gasteiger partial charge in [0.1, 0.15) is 0 Å². The van der Waals surface area contributed by atoms with Gasteiger partial charge in [-0.15, -0.1) is 0 Å². The molecule has 0 aliphatic heterocycles. The standard InChI is InChI=1S/C17H24ClN3/c1-4-21-16(17(18)14(3)20-21)12-19-13(2)10-11-15-8-6-5-7-9-15/h5-9,13,19H,4,10-12H2,1-3H3. The van der Waals surface area contributed by atoms with Crippen LogP contribution in [0, 0.1) is 6.92 Å². The molecule has 1 aromatic carbocycles. The minimum atomic E-state index is 0.446. The van der Waals surface area contributed by atoms with Gasteiger partial charge >= 0.3 is 0 Å². The molecule has 21 heavy (non-hydrogen) atoms. The highest BCUT2D eigenvalue weighted by Gasteiger charge is 2.13. The molecule has 4 heteroatoms. The van der Waals surface area contributed by atoms with E-state index in [0.29, 0.717) is 6.04 Å². The average Bonchev–Trinajstić information content (AvgIpc) is 2.79. The smallest absolute Gasteiger partial charge is 0.0860 e. The molecule has 1 atom stereocenters. The van der Waals surface area contributed by atoms with Crippen molar-refractivity contribution in [3.63, 3.8) is 0 Å². The van der Waals surface area contributed by atoms with Crippen LogP contribution in [0.4, 0.5) is 0 Å². The van der Waals surface area contributed by atoms with Crippen LogP contribution in [0.5, 0.6) is 0 Å². The van der Waals surface area contributed by atoms with Crippen molar-refractivity contribution < 1.29 is 0 Å². The van der Waals surface area contributed by atoms with E-state index in [1.54, 1.807) is 0 Å². The summed E-state index contributed by atoms with van der Waals surface area (Å²) in [5.41, 5.74) is 3.38. The van der Waals surface area contributed by atoms with E-state index in [4.69, 9.17) is 11.6 Å². The maximum absolute atomic E-state index is 6.33. The average molecular weight is 306 g/mol. The number of nitrogens with one attached hydrogen (secondary N) is 1. The van der Waals surface area contributed by atoms with Crippen LogP contribution < -0.4 is 5.32 Å². The van der Waals surface area contributed by atoms with Crippen molar-refractivity contribution in [2.45, 2.75) is 52.7 Å². The van der Waals surface area contributed by atoms with Crippen molar-refractivity contribution in [2.24, 2.45) is 0 Å². The van der Waals surface area contributed by atoms with Crippen LogP contribution in [-0.4, -0.2) is 15.8 Å². The van der Waals surface area contributed by atoms with E-state index >= 15 is 0 Å². The lowest BCUT2D eigenvalue weighted by Gasteiger charge is -2.14. The van der Waals surface area contributed by atoms with Crippen molar-refractivity contribution in [1.82, 2.24) is 15.1 Å². The minimum Gasteiger partial charge on any atom is -0.309 e. The first kappa shape index (κ1) is 16.1. The van der Waals surface area contributed by atoms with Gasteiger partial charge in [-0.05, 0) is 39.2 Å². The van der Waals surface area contributed by atoms with Gasteiger partial charge in [-0.25, -0.2) is 0 Å². The highest BCUT2D eigenvalue weighted by Crippen LogP contribution is 2.20. The van der Waals surface area contributed by atoms with Crippen LogP contribution in [-0.2, 0) is 19.5 Å². The SMILES string of the molecule is CCn1nc(C)c(Cl)c1CNC(C)CCc1ccccc1. The molecular weight excluding hydrogens is 282 g/mol. The van der Waals surface area contributed by atoms with Crippen LogP contribution in [0.15, 0.2) is 30.3 Å². The number of halogens is 1. The largest absolute Gasteiger partial charge is 0.309 e. The summed E-state index contributed by atoms with van der Waals surface area (Å²) in [5.74, 6) is 0. The first-order chi connectivity index (χ1) is 10.1. The van der Waals surface area contributed by atoms with Gasteiger partial charge in [-0.3, -0.25) is 4.68 Å². The first-order valence-electron chi connectivity index (χ1n) is 7.61. The number of aryl methyl sites for hydroxylation is 3. The molecule has 3 nitrogen and oxygen atoms in total. The molecular formula is C17H24ClN3. The van der Waals surface area contributed by atoms with Gasteiger partial charge in [0.15, 0.2) is 0 Å². The molecule has 2 aromatic rings. The van der Waals surface area contributed by atoms with Crippen LogP contribution in [0.3, 0.4) is 0 Å². The zero-order chi connectivity index (χ0) is 15.2. The summed E-state index contributed by atoms with van der Waals surface area (Å²) in [5, 5.41) is 8.79. The van der Waals surface area contributed by atoms with Crippen molar-refractivity contribution in [1.29, 1.82) is 0 Å². The van der Waals surface area contributed by atoms with Crippen molar-refractivity contribution in [3.8, 4) is 0 Å². The molecule has 1 aromatic heterocycles. The molecule has 0 saturated heterocycles. The fourth-order valence-corrected chi connectivity index (χ4v) is 2.64. The number of rotatable bonds is 7. The summed E-state index contributed by atoms with van der Waals surface area (Å²) in [4.78, 5) is 0. The molecule has 1 unspecified atom stereocenters. The van der Waals surface area contributed by atoms with Gasteiger partial charge in [0.25, 0.3) is 0 Å². The monoisotopic (exact) mass is 305 g/mol. The van der Waals surface area contributed by atoms with Gasteiger partial charge in [0.05, 0.1) is 16.4 Å². The molecule has 0 bridgehead atoms. The Balaban J connectivity index is 1.85. The van der Waals surface area contributed by atoms with E-state index < -0.39 is 0 Å². The third kappa shape index (κ3) is 4.32. The van der Waals surface area contributed by atoms with Crippen LogP contribution >= 0.6 is 11.6 Å². The molecule has 0 fully saturated rings. The molecule has 0 saturated carbocycles. The van der Waals surface area contributed by atoms with E-state index in [-0.39, 0.29) is 0 Å². The molecule has 0 radical (unpaired) electrons. The van der Waals surface area contributed by atoms with Gasteiger partial charge < -0.3 is 5.32 Å². The van der Waals surface area contributed by atoms with E-state index in [9.17, 15) is 0 Å². The Labute approximate surface area is 132 Å². The second-order valence-electron chi connectivity index (χ2n) is 5.47. The zero-order valence-corrected chi connectivity index (χ0v) is 13.8. The van der Waals surface area contributed by atoms with Gasteiger partial charge in [-0.1, -0.05) is 41.9 Å². The van der Waals surface area contributed by atoms with E-state index in [1.807, 2.05) is 11.6 Å². The summed E-state index contributed by atoms with van der Waals surface area (Å²) in [6.45, 7) is 7.88. The minimum absolute atomic E-state index is 0.446. The third-order valence-electron chi connectivity index (χ3n) is 3.78. The molecule has 114 valence electrons. The Hall–Kier alpha value is -1.32. The second-order valence-corrected chi connectivity index (χ2v) is 5.85. The Kier molecular flexibility index (Phi) is 5.83. The van der Waals surface area contributed by atoms with Crippen LogP contribution in [0.25, 0.3) is 0 Å². The zero-order valence-electron chi connectivity index (χ0n) is 13.1. The number of benzene rings is 1. The molecule has 2 rings (SSSR count). The summed E-state index contributed by atoms with van der Waals surface area (Å²) in [6.07, 6.45) is 2.20. The molecule has 0 spiro atoms. The Morgan fingerprint density at radius 2 is 2.00 bits per heavy atom. The van der Waals surface area contributed by atoms with Gasteiger partial charge in [0.2, 0.25) is 0 Å². The lowest BCUT2D eigenvalue weighted by Crippen LogP contribution is -2.27. The quantitative estimate of drug-likeness (QED) is 0.838. The Morgan fingerprint density at radius 1 is 1.29 bits per heavy atom. The lowest BCUT2D eigenvalue weighted by atomic mass is 10.1. The van der Waals surface area contributed by atoms with E-state index in [2.05, 4.69) is 54.6 Å². The number of nitrogens with zero attached hydrogens (tertiary/aromatic N) is 2. The van der Waals surface area contributed by atoms with Crippen molar-refractivity contribution in [3.05, 3.63) is 52.3 Å². The Morgan fingerprint density at radius 3 is 2.67 bits per heavy atom. The number of aromatic nitrogens is 2.